The molecule has 1 aliphatic heterocycles. The first-order valence-electron chi connectivity index (χ1n) is 6.05. The lowest BCUT2D eigenvalue weighted by Crippen LogP contribution is -2.11. The molecule has 0 radical (unpaired) electrons. The predicted octanol–water partition coefficient (Wildman–Crippen LogP) is 0.0411. The molecule has 0 saturated carbocycles. The maximum atomic E-state index is 10.9. The first-order chi connectivity index (χ1) is 8.83. The Bertz CT molecular complexity index is 564. The van der Waals surface area contributed by atoms with Crippen molar-refractivity contribution in [3.63, 3.8) is 0 Å². The molecule has 1 saturated heterocycles. The molecule has 1 aliphatic rings. The lowest BCUT2D eigenvalue weighted by Gasteiger charge is -2.10. The van der Waals surface area contributed by atoms with Crippen molar-refractivity contribution in [1.29, 1.82) is 0 Å². The van der Waals surface area contributed by atoms with Gasteiger partial charge in [0.2, 0.25) is 0 Å². The van der Waals surface area contributed by atoms with Gasteiger partial charge in [-0.1, -0.05) is 0 Å². The molecule has 2 aromatic rings. The molecule has 96 valence electrons. The fourth-order valence-electron chi connectivity index (χ4n) is 2.26. The van der Waals surface area contributed by atoms with E-state index in [-0.39, 0.29) is 5.69 Å². The quantitative estimate of drug-likeness (QED) is 0.800. The van der Waals surface area contributed by atoms with E-state index in [1.165, 1.54) is 0 Å². The number of nitrogens with zero attached hydrogens (tertiary/aromatic N) is 3. The third-order valence-electron chi connectivity index (χ3n) is 3.18. The molecular formula is C11H15N5O2. The summed E-state index contributed by atoms with van der Waals surface area (Å²) in [6, 6.07) is 0. The maximum absolute atomic E-state index is 10.9. The molecular weight excluding hydrogens is 234 g/mol. The molecule has 0 amide bonds. The number of aromatic nitrogens is 5. The summed E-state index contributed by atoms with van der Waals surface area (Å²) < 4.78 is 7.49. The van der Waals surface area contributed by atoms with Crippen molar-refractivity contribution in [1.82, 2.24) is 24.7 Å². The average Bonchev–Trinajstić information content (AvgIpc) is 3.07. The third-order valence-corrected chi connectivity index (χ3v) is 3.18. The molecule has 0 aromatic carbocycles. The van der Waals surface area contributed by atoms with E-state index in [0.717, 1.165) is 32.0 Å². The second-order valence-electron chi connectivity index (χ2n) is 4.41. The summed E-state index contributed by atoms with van der Waals surface area (Å²) in [5, 5.41) is 6.25. The number of nitrogens with one attached hydrogen (secondary N) is 2. The summed E-state index contributed by atoms with van der Waals surface area (Å²) >= 11 is 0. The fourth-order valence-corrected chi connectivity index (χ4v) is 2.26. The summed E-state index contributed by atoms with van der Waals surface area (Å²) in [6.45, 7) is 2.31. The molecule has 2 N–H and O–H groups in total. The number of ether oxygens (including phenoxy) is 1. The van der Waals surface area contributed by atoms with Gasteiger partial charge in [-0.3, -0.25) is 4.98 Å². The van der Waals surface area contributed by atoms with Crippen LogP contribution in [0.15, 0.2) is 17.2 Å². The largest absolute Gasteiger partial charge is 0.381 e. The molecule has 0 aliphatic carbocycles. The summed E-state index contributed by atoms with van der Waals surface area (Å²) in [4.78, 5) is 18.0. The van der Waals surface area contributed by atoms with Crippen molar-refractivity contribution in [2.75, 3.05) is 13.2 Å². The van der Waals surface area contributed by atoms with Gasteiger partial charge in [-0.15, -0.1) is 0 Å². The number of imidazole rings is 1. The van der Waals surface area contributed by atoms with Gasteiger partial charge in [0.05, 0.1) is 6.61 Å². The minimum absolute atomic E-state index is 0.264. The zero-order valence-corrected chi connectivity index (χ0v) is 9.93. The van der Waals surface area contributed by atoms with Crippen LogP contribution in [-0.2, 0) is 17.7 Å². The van der Waals surface area contributed by atoms with Crippen LogP contribution in [0.4, 0.5) is 0 Å². The van der Waals surface area contributed by atoms with Gasteiger partial charge in [0.25, 0.3) is 0 Å². The molecule has 0 unspecified atom stereocenters. The van der Waals surface area contributed by atoms with Crippen molar-refractivity contribution >= 4 is 0 Å². The van der Waals surface area contributed by atoms with Gasteiger partial charge >= 0.3 is 5.69 Å². The number of hydrogen-bond donors (Lipinski definition) is 2. The second-order valence-corrected chi connectivity index (χ2v) is 4.41. The highest BCUT2D eigenvalue weighted by molar-refractivity contribution is 5.02. The summed E-state index contributed by atoms with van der Waals surface area (Å²) in [7, 11) is 0. The Kier molecular flexibility index (Phi) is 2.97. The standard InChI is InChI=1S/C11H15N5O2/c17-11-13-9(14-15-11)1-4-16-5-3-12-10(16)8-2-6-18-7-8/h3,5,8H,1-2,4,6-7H2,(H2,13,14,15,17)/t8-/m0/s1. The Morgan fingerprint density at radius 1 is 1.56 bits per heavy atom. The summed E-state index contributed by atoms with van der Waals surface area (Å²) in [5.74, 6) is 2.12. The molecule has 3 heterocycles. The molecule has 1 atom stereocenters. The smallest absolute Gasteiger partial charge is 0.340 e. The molecule has 2 aromatic heterocycles. The van der Waals surface area contributed by atoms with Gasteiger partial charge in [-0.2, -0.15) is 5.10 Å². The second kappa shape index (κ2) is 4.77. The van der Waals surface area contributed by atoms with Crippen LogP contribution in [0.2, 0.25) is 0 Å². The van der Waals surface area contributed by atoms with E-state index >= 15 is 0 Å². The van der Waals surface area contributed by atoms with Crippen LogP contribution in [0.1, 0.15) is 24.0 Å². The van der Waals surface area contributed by atoms with E-state index in [2.05, 4.69) is 24.7 Å². The Morgan fingerprint density at radius 2 is 2.50 bits per heavy atom. The number of aromatic amines is 2. The van der Waals surface area contributed by atoms with E-state index in [1.54, 1.807) is 6.20 Å². The molecule has 1 fully saturated rings. The SMILES string of the molecule is O=c1[nH]nc(CCn2ccnc2[C@H]2CCOC2)[nH]1. The van der Waals surface area contributed by atoms with Gasteiger partial charge in [0.1, 0.15) is 11.6 Å². The van der Waals surface area contributed by atoms with Gasteiger partial charge in [-0.05, 0) is 6.42 Å². The molecule has 7 nitrogen and oxygen atoms in total. The Balaban J connectivity index is 1.69. The first kappa shape index (κ1) is 11.2. The van der Waals surface area contributed by atoms with Crippen LogP contribution in [-0.4, -0.2) is 37.9 Å². The highest BCUT2D eigenvalue weighted by atomic mass is 16.5. The fraction of sp³-hybridized carbons (Fsp3) is 0.545. The van der Waals surface area contributed by atoms with E-state index in [9.17, 15) is 4.79 Å². The van der Waals surface area contributed by atoms with E-state index in [4.69, 9.17) is 4.74 Å². The molecule has 3 rings (SSSR count). The molecule has 18 heavy (non-hydrogen) atoms. The van der Waals surface area contributed by atoms with Crippen LogP contribution >= 0.6 is 0 Å². The van der Waals surface area contributed by atoms with Crippen molar-refractivity contribution in [2.45, 2.75) is 25.3 Å². The lowest BCUT2D eigenvalue weighted by molar-refractivity contribution is 0.192. The van der Waals surface area contributed by atoms with Crippen molar-refractivity contribution in [2.24, 2.45) is 0 Å². The molecule has 7 heteroatoms. The van der Waals surface area contributed by atoms with Crippen LogP contribution in [0.3, 0.4) is 0 Å². The highest BCUT2D eigenvalue weighted by Crippen LogP contribution is 2.23. The summed E-state index contributed by atoms with van der Waals surface area (Å²) in [6.07, 6.45) is 5.46. The Morgan fingerprint density at radius 3 is 3.22 bits per heavy atom. The molecule has 0 bridgehead atoms. The lowest BCUT2D eigenvalue weighted by atomic mass is 10.1. The number of rotatable bonds is 4. The first-order valence-corrected chi connectivity index (χ1v) is 6.05. The number of H-pyrrole nitrogens is 2. The summed E-state index contributed by atoms with van der Waals surface area (Å²) in [5.41, 5.74) is -0.264. The maximum Gasteiger partial charge on any atom is 0.340 e. The van der Waals surface area contributed by atoms with Crippen LogP contribution in [0, 0.1) is 0 Å². The van der Waals surface area contributed by atoms with Crippen LogP contribution < -0.4 is 5.69 Å². The predicted molar refractivity (Wildman–Crippen MR) is 63.3 cm³/mol. The minimum Gasteiger partial charge on any atom is -0.381 e. The van der Waals surface area contributed by atoms with E-state index in [1.807, 2.05) is 6.20 Å². The molecule has 0 spiro atoms. The highest BCUT2D eigenvalue weighted by Gasteiger charge is 2.21. The average molecular weight is 249 g/mol. The van der Waals surface area contributed by atoms with Crippen molar-refractivity contribution in [3.05, 3.63) is 34.5 Å². The van der Waals surface area contributed by atoms with Gasteiger partial charge in [-0.25, -0.2) is 14.9 Å². The van der Waals surface area contributed by atoms with Crippen molar-refractivity contribution in [3.8, 4) is 0 Å². The van der Waals surface area contributed by atoms with Gasteiger partial charge in [0, 0.05) is 37.9 Å². The zero-order valence-electron chi connectivity index (χ0n) is 9.93. The normalized spacial score (nSPS) is 19.4. The minimum atomic E-state index is -0.264. The van der Waals surface area contributed by atoms with E-state index in [0.29, 0.717) is 18.2 Å². The third kappa shape index (κ3) is 2.21. The zero-order chi connectivity index (χ0) is 12.4. The Labute approximate surface area is 103 Å². The Hall–Kier alpha value is -1.89. The van der Waals surface area contributed by atoms with Crippen LogP contribution in [0.5, 0.6) is 0 Å². The monoisotopic (exact) mass is 249 g/mol. The van der Waals surface area contributed by atoms with Gasteiger partial charge < -0.3 is 9.30 Å². The topological polar surface area (TPSA) is 88.6 Å². The van der Waals surface area contributed by atoms with E-state index < -0.39 is 0 Å². The van der Waals surface area contributed by atoms with Gasteiger partial charge in [0.15, 0.2) is 0 Å². The number of hydrogen-bond acceptors (Lipinski definition) is 4. The van der Waals surface area contributed by atoms with Crippen molar-refractivity contribution < 1.29 is 4.74 Å². The van der Waals surface area contributed by atoms with Crippen LogP contribution in [0.25, 0.3) is 0 Å². The number of aryl methyl sites for hydroxylation is 2.